The molecule has 140 heavy (non-hydrogen) atoms. The first-order valence-corrected chi connectivity index (χ1v) is 46.4. The predicted octanol–water partition coefficient (Wildman–Crippen LogP) is 14.7. The maximum absolute atomic E-state index is 5.94. The van der Waals surface area contributed by atoms with Gasteiger partial charge in [-0.1, -0.05) is 230 Å². The third-order valence-corrected chi connectivity index (χ3v) is 21.2. The van der Waals surface area contributed by atoms with Gasteiger partial charge in [-0.05, 0) is 190 Å². The summed E-state index contributed by atoms with van der Waals surface area (Å²) in [5.41, 5.74) is 110. The molecule has 8 rings (SSSR count). The number of hydrogen-bond acceptors (Lipinski definition) is 9. The van der Waals surface area contributed by atoms with Gasteiger partial charge < -0.3 is 124 Å². The van der Waals surface area contributed by atoms with Crippen LogP contribution in [0.4, 0.5) is 17.1 Å². The van der Waals surface area contributed by atoms with Gasteiger partial charge in [-0.25, -0.2) is 34.9 Å². The van der Waals surface area contributed by atoms with Crippen LogP contribution in [0.2, 0.25) is 80.4 Å². The van der Waals surface area contributed by atoms with Crippen molar-refractivity contribution in [3.63, 3.8) is 0 Å². The number of amidine groups is 1. The smallest absolute Gasteiger partial charge is 0.223 e. The summed E-state index contributed by atoms with van der Waals surface area (Å²) >= 11 is 93.3. The van der Waals surface area contributed by atoms with Crippen molar-refractivity contribution in [2.24, 2.45) is 195 Å². The van der Waals surface area contributed by atoms with E-state index in [1.807, 2.05) is 58.0 Å². The summed E-state index contributed by atoms with van der Waals surface area (Å²) < 4.78 is 0. The molecular formula is C85H113Cl16N39. The van der Waals surface area contributed by atoms with Gasteiger partial charge in [0.15, 0.2) is 41.7 Å². The van der Waals surface area contributed by atoms with Gasteiger partial charge in [-0.15, -0.1) is 0 Å². The molecule has 8 aromatic rings. The van der Waals surface area contributed by atoms with Crippen molar-refractivity contribution in [2.45, 2.75) is 92.5 Å². The van der Waals surface area contributed by atoms with E-state index in [4.69, 9.17) is 295 Å². The molecule has 0 aromatic heterocycles. The number of aliphatic imine (C=N–C) groups is 16. The normalized spacial score (nSPS) is 12.3. The SMILES string of the molecule is CC(C)CC(N)=NC(N)=NCCc1ccc(Cl)c(Cl)c1.CC(C)N=C(N)N=C(N)Nc1ccc(Cl)c(Cl)c1.CC(C)N=C(N)NC(N)=NCc1ccc(Cl)c(Cl)c1.CN(C)C(N)=NC(N)=NCc1ccc(Cl)c(Cl)c1.CN(C)C(N)=NC(N)=Nc1ccc(Cl)c(Cl)c1.NC(N)=NC(N)=NCCc1ccc(Cl)c(Cl)c1.NC(N)=NC(N)=NCc1ccc(Cl)c(Cl)c1.NC(N)=NC(N)=Nc1ccc(Cl)c(Cl)c1. The van der Waals surface area contributed by atoms with Crippen LogP contribution in [0.3, 0.4) is 0 Å². The summed E-state index contributed by atoms with van der Waals surface area (Å²) in [4.78, 5) is 66.1. The number of benzene rings is 8. The highest BCUT2D eigenvalue weighted by molar-refractivity contribution is 6.46. The van der Waals surface area contributed by atoms with Crippen molar-refractivity contribution in [1.29, 1.82) is 0 Å². The topological polar surface area (TPSA) is 723 Å². The van der Waals surface area contributed by atoms with Crippen LogP contribution in [0.25, 0.3) is 0 Å². The zero-order chi connectivity index (χ0) is 106. The van der Waals surface area contributed by atoms with Gasteiger partial charge in [0.05, 0.1) is 111 Å². The minimum Gasteiger partial charge on any atom is -0.387 e. The fourth-order valence-electron chi connectivity index (χ4n) is 9.08. The standard InChI is InChI=1S/C14H20Cl2N4.C12H17Cl2N5.2C11H15Cl2N5.2C10H13Cl2N5.C9H11Cl2N5.C8H9Cl2N5/c1-9(2)7-13(17)20-14(18)19-6-5-10-3-4-11(15)12(16)8-10;1-7(2)18-12(16)19-11(15)17-6-8-3-4-9(13)10(14)5-8;1-18(2)11(15)17-10(14)16-6-7-3-4-8(12)9(13)5-7;1-6(2)16-10(14)18-11(15)17-7-3-4-8(12)9(13)5-7;1-17(2)10(14)16-9(13)15-6-3-4-7(11)8(12)5-6;11-7-2-1-6(5-8(7)12)3-4-16-10(15)17-9(13)14;10-6-2-1-5(3-7(6)11)4-15-9(14)16-8(12)13;9-5-2-1-4(3-6(5)10)14-8(13)15-7(11)12/h3-4,8-9H,5-7H2,1-2H3,(H4,17,18,19,20);3-5,7H,6H2,1-2H3,(H5,15,16,17,18,19);3-5H,6H2,1-2H3,(H4,14,15,16,17);3-6H,1-2H3,(H5,14,15,16,17,18);3-5H,1-2H3,(H4,13,14,15,16);1-2,5H,3-4H2,(H6,13,14,15,16,17);1-3H,4H2,(H6,12,13,14,15,16);1-3H,(H6,11,12,13,14,15). The summed E-state index contributed by atoms with van der Waals surface area (Å²) in [6.45, 7) is 13.8. The molecule has 40 N–H and O–H groups in total. The molecule has 0 radical (unpaired) electrons. The Morgan fingerprint density at radius 1 is 0.279 bits per heavy atom. The molecule has 0 amide bonds. The van der Waals surface area contributed by atoms with E-state index in [-0.39, 0.29) is 95.5 Å². The van der Waals surface area contributed by atoms with Gasteiger partial charge in [0.25, 0.3) is 0 Å². The summed E-state index contributed by atoms with van der Waals surface area (Å²) in [5, 5.41) is 13.2. The molecule has 0 fully saturated rings. The minimum atomic E-state index is -0.156. The van der Waals surface area contributed by atoms with Crippen molar-refractivity contribution in [1.82, 2.24) is 15.1 Å². The van der Waals surface area contributed by atoms with E-state index in [2.05, 4.69) is 104 Å². The van der Waals surface area contributed by atoms with E-state index in [1.165, 1.54) is 0 Å². The second-order valence-electron chi connectivity index (χ2n) is 29.0. The van der Waals surface area contributed by atoms with Gasteiger partial charge in [-0.3, -0.25) is 20.3 Å². The summed E-state index contributed by atoms with van der Waals surface area (Å²) in [7, 11) is 7.05. The molecule has 55 heteroatoms. The summed E-state index contributed by atoms with van der Waals surface area (Å²) in [5.74, 6) is 2.24. The van der Waals surface area contributed by atoms with Gasteiger partial charge in [0.1, 0.15) is 5.84 Å². The van der Waals surface area contributed by atoms with Gasteiger partial charge in [0.2, 0.25) is 47.7 Å². The molecule has 760 valence electrons. The van der Waals surface area contributed by atoms with Gasteiger partial charge in [-0.2, -0.15) is 30.0 Å². The number of guanidine groups is 15. The summed E-state index contributed by atoms with van der Waals surface area (Å²) in [6.07, 6.45) is 2.11. The Labute approximate surface area is 893 Å². The average Bonchev–Trinajstić information content (AvgIpc) is 0.925. The first kappa shape index (κ1) is 127. The lowest BCUT2D eigenvalue weighted by molar-refractivity contribution is 0.615. The maximum atomic E-state index is 5.94. The first-order valence-electron chi connectivity index (χ1n) is 40.3. The van der Waals surface area contributed by atoms with Gasteiger partial charge >= 0.3 is 0 Å². The van der Waals surface area contributed by atoms with Crippen molar-refractivity contribution in [3.8, 4) is 0 Å². The maximum Gasteiger partial charge on any atom is 0.223 e. The molecular weight excluding hydrogens is 2130 g/mol. The number of rotatable bonds is 19. The molecule has 0 heterocycles. The molecule has 0 saturated carbocycles. The second-order valence-corrected chi connectivity index (χ2v) is 35.5. The number of halogens is 16. The van der Waals surface area contributed by atoms with Gasteiger partial charge in [0, 0.05) is 65.5 Å². The van der Waals surface area contributed by atoms with E-state index >= 15 is 0 Å². The Bertz CT molecular complexity index is 5860. The molecule has 0 spiro atoms. The van der Waals surface area contributed by atoms with Crippen LogP contribution in [0.5, 0.6) is 0 Å². The van der Waals surface area contributed by atoms with Crippen molar-refractivity contribution in [2.75, 3.05) is 46.6 Å². The second kappa shape index (κ2) is 67.8. The Hall–Kier alpha value is -11.5. The van der Waals surface area contributed by atoms with E-state index < -0.39 is 0 Å². The molecule has 8 aromatic carbocycles. The van der Waals surface area contributed by atoms with E-state index in [0.717, 1.165) is 34.2 Å². The van der Waals surface area contributed by atoms with Crippen LogP contribution >= 0.6 is 186 Å². The predicted molar refractivity (Wildman–Crippen MR) is 602 cm³/mol. The first-order chi connectivity index (χ1) is 65.4. The van der Waals surface area contributed by atoms with Crippen LogP contribution in [-0.4, -0.2) is 158 Å². The molecule has 0 aliphatic heterocycles. The fourth-order valence-corrected chi connectivity index (χ4v) is 11.6. The molecule has 0 saturated heterocycles. The number of nitrogens with one attached hydrogen (secondary N) is 2. The Morgan fingerprint density at radius 2 is 0.571 bits per heavy atom. The van der Waals surface area contributed by atoms with Crippen LogP contribution in [-0.2, 0) is 32.5 Å². The lowest BCUT2D eigenvalue weighted by Crippen LogP contribution is -2.42. The van der Waals surface area contributed by atoms with Crippen molar-refractivity contribution >= 4 is 298 Å². The number of hydrogen-bond donors (Lipinski definition) is 21. The third kappa shape index (κ3) is 59.2. The van der Waals surface area contributed by atoms with E-state index in [1.54, 1.807) is 153 Å². The lowest BCUT2D eigenvalue weighted by atomic mass is 10.1. The number of anilines is 1. The Balaban J connectivity index is 0.000000801. The molecule has 0 bridgehead atoms. The van der Waals surface area contributed by atoms with E-state index in [0.29, 0.717) is 161 Å². The lowest BCUT2D eigenvalue weighted by Gasteiger charge is -2.09. The quantitative estimate of drug-likeness (QED) is 0.0264. The third-order valence-electron chi connectivity index (χ3n) is 15.3. The zero-order valence-electron chi connectivity index (χ0n) is 77.3. The Kier molecular flexibility index (Phi) is 61.3. The molecule has 0 atom stereocenters. The molecule has 0 aliphatic carbocycles. The minimum absolute atomic E-state index is 0.0195. The Morgan fingerprint density at radius 3 is 0.907 bits per heavy atom. The molecule has 39 nitrogen and oxygen atoms in total. The number of nitrogens with two attached hydrogens (primary N) is 19. The number of nitrogens with zero attached hydrogens (tertiary/aromatic N) is 18. The summed E-state index contributed by atoms with van der Waals surface area (Å²) in [6, 6.07) is 41.5. The van der Waals surface area contributed by atoms with Crippen molar-refractivity contribution < 1.29 is 0 Å². The van der Waals surface area contributed by atoms with Crippen LogP contribution < -0.4 is 120 Å². The van der Waals surface area contributed by atoms with Crippen LogP contribution in [0.15, 0.2) is 225 Å². The highest BCUT2D eigenvalue weighted by Crippen LogP contribution is 2.31. The highest BCUT2D eigenvalue weighted by Gasteiger charge is 2.10. The molecule has 0 aliphatic rings. The van der Waals surface area contributed by atoms with E-state index in [9.17, 15) is 0 Å². The largest absolute Gasteiger partial charge is 0.387 e. The van der Waals surface area contributed by atoms with Crippen LogP contribution in [0.1, 0.15) is 75.8 Å². The highest BCUT2D eigenvalue weighted by atomic mass is 35.5. The zero-order valence-corrected chi connectivity index (χ0v) is 89.4. The average molecular weight is 2250 g/mol. The molecule has 0 unspecified atom stereocenters. The fraction of sp³-hybridized carbons (Fsp3) is 0.247. The van der Waals surface area contributed by atoms with Crippen molar-refractivity contribution in [3.05, 3.63) is 254 Å². The monoisotopic (exact) mass is 2240 g/mol. The van der Waals surface area contributed by atoms with Crippen LogP contribution in [0, 0.1) is 5.92 Å².